The van der Waals surface area contributed by atoms with Crippen molar-refractivity contribution in [3.63, 3.8) is 0 Å². The van der Waals surface area contributed by atoms with Gasteiger partial charge in [-0.15, -0.1) is 0 Å². The van der Waals surface area contributed by atoms with Crippen molar-refractivity contribution in [3.05, 3.63) is 86.1 Å². The second-order valence-corrected chi connectivity index (χ2v) is 8.78. The van der Waals surface area contributed by atoms with Crippen LogP contribution in [0.1, 0.15) is 17.0 Å². The zero-order chi connectivity index (χ0) is 23.2. The molecule has 0 spiro atoms. The molecule has 9 heteroatoms. The molecule has 1 aliphatic rings. The maximum absolute atomic E-state index is 13.3. The van der Waals surface area contributed by atoms with Crippen LogP contribution >= 0.6 is 47.0 Å². The van der Waals surface area contributed by atoms with E-state index in [0.717, 1.165) is 22.6 Å². The van der Waals surface area contributed by atoms with Gasteiger partial charge in [0.2, 0.25) is 0 Å². The molecule has 1 aliphatic heterocycles. The first-order valence-electron chi connectivity index (χ1n) is 9.49. The number of thiocarbonyl (C=S) groups is 1. The van der Waals surface area contributed by atoms with Gasteiger partial charge in [-0.1, -0.05) is 40.9 Å². The van der Waals surface area contributed by atoms with E-state index in [1.165, 1.54) is 4.90 Å². The van der Waals surface area contributed by atoms with Gasteiger partial charge in [0.05, 0.1) is 15.7 Å². The molecule has 162 valence electrons. The summed E-state index contributed by atoms with van der Waals surface area (Å²) >= 11 is 23.7. The Morgan fingerprint density at radius 2 is 1.69 bits per heavy atom. The maximum Gasteiger partial charge on any atom is 0.270 e. The minimum atomic E-state index is -0.584. The van der Waals surface area contributed by atoms with E-state index in [9.17, 15) is 9.59 Å². The molecule has 2 aromatic carbocycles. The molecule has 0 aliphatic carbocycles. The van der Waals surface area contributed by atoms with Gasteiger partial charge >= 0.3 is 0 Å². The average molecular weight is 505 g/mol. The minimum Gasteiger partial charge on any atom is -0.318 e. The number of amides is 2. The zero-order valence-electron chi connectivity index (χ0n) is 16.9. The fourth-order valence-electron chi connectivity index (χ4n) is 3.62. The van der Waals surface area contributed by atoms with Crippen LogP contribution in [0.15, 0.2) is 54.1 Å². The summed E-state index contributed by atoms with van der Waals surface area (Å²) in [6, 6.07) is 14.2. The van der Waals surface area contributed by atoms with Crippen molar-refractivity contribution in [2.75, 3.05) is 4.90 Å². The molecule has 0 unspecified atom stereocenters. The van der Waals surface area contributed by atoms with E-state index in [4.69, 9.17) is 47.0 Å². The number of carbonyl (C=O) groups excluding carboxylic acids is 2. The lowest BCUT2D eigenvalue weighted by atomic mass is 10.1. The summed E-state index contributed by atoms with van der Waals surface area (Å²) in [5.74, 6) is -1.16. The lowest BCUT2D eigenvalue weighted by molar-refractivity contribution is -0.122. The Labute approximate surface area is 205 Å². The summed E-state index contributed by atoms with van der Waals surface area (Å²) < 4.78 is 2.02. The molecule has 0 bridgehead atoms. The number of halogens is 3. The molecular weight excluding hydrogens is 489 g/mol. The van der Waals surface area contributed by atoms with Crippen LogP contribution in [0.3, 0.4) is 0 Å². The van der Waals surface area contributed by atoms with E-state index < -0.39 is 11.8 Å². The SMILES string of the molecule is Cc1cc(/C=C2/C(=O)NC(=S)N(c3cccc(Cl)c3Cl)C2=O)c(C)n1-c1ccc(Cl)cc1. The largest absolute Gasteiger partial charge is 0.318 e. The second kappa shape index (κ2) is 8.71. The highest BCUT2D eigenvalue weighted by Crippen LogP contribution is 2.34. The summed E-state index contributed by atoms with van der Waals surface area (Å²) in [4.78, 5) is 27.2. The van der Waals surface area contributed by atoms with Crippen molar-refractivity contribution in [1.29, 1.82) is 0 Å². The van der Waals surface area contributed by atoms with Gasteiger partial charge in [-0.25, -0.2) is 0 Å². The summed E-state index contributed by atoms with van der Waals surface area (Å²) in [5.41, 5.74) is 3.67. The smallest absolute Gasteiger partial charge is 0.270 e. The van der Waals surface area contributed by atoms with Crippen molar-refractivity contribution >= 4 is 75.7 Å². The molecule has 2 heterocycles. The first-order valence-corrected chi connectivity index (χ1v) is 11.0. The van der Waals surface area contributed by atoms with Crippen molar-refractivity contribution in [1.82, 2.24) is 9.88 Å². The molecule has 4 rings (SSSR count). The Bertz CT molecular complexity index is 1310. The van der Waals surface area contributed by atoms with Gasteiger partial charge in [0, 0.05) is 22.1 Å². The summed E-state index contributed by atoms with van der Waals surface area (Å²) in [6.07, 6.45) is 1.56. The third kappa shape index (κ3) is 3.95. The normalized spacial score (nSPS) is 15.5. The highest BCUT2D eigenvalue weighted by Gasteiger charge is 2.36. The highest BCUT2D eigenvalue weighted by atomic mass is 35.5. The quantitative estimate of drug-likeness (QED) is 0.275. The number of nitrogens with zero attached hydrogens (tertiary/aromatic N) is 2. The summed E-state index contributed by atoms with van der Waals surface area (Å²) in [5, 5.41) is 3.58. The molecular formula is C23H16Cl3N3O2S. The molecule has 1 aromatic heterocycles. The van der Waals surface area contributed by atoms with E-state index in [2.05, 4.69) is 5.32 Å². The first-order chi connectivity index (χ1) is 15.2. The van der Waals surface area contributed by atoms with Gasteiger partial charge in [0.25, 0.3) is 11.8 Å². The number of hydrogen-bond donors (Lipinski definition) is 1. The van der Waals surface area contributed by atoms with Crippen LogP contribution in [0, 0.1) is 13.8 Å². The molecule has 0 radical (unpaired) electrons. The molecule has 3 aromatic rings. The van der Waals surface area contributed by atoms with Gasteiger partial charge in [-0.3, -0.25) is 19.8 Å². The monoisotopic (exact) mass is 503 g/mol. The van der Waals surface area contributed by atoms with Gasteiger partial charge in [0.1, 0.15) is 5.57 Å². The Balaban J connectivity index is 1.78. The highest BCUT2D eigenvalue weighted by molar-refractivity contribution is 7.80. The number of benzene rings is 2. The predicted molar refractivity (Wildman–Crippen MR) is 133 cm³/mol. The number of rotatable bonds is 3. The third-order valence-electron chi connectivity index (χ3n) is 5.13. The molecule has 1 fully saturated rings. The lowest BCUT2D eigenvalue weighted by Gasteiger charge is -2.29. The Hall–Kier alpha value is -2.64. The van der Waals surface area contributed by atoms with Gasteiger partial charge in [0.15, 0.2) is 5.11 Å². The third-order valence-corrected chi connectivity index (χ3v) is 6.47. The molecule has 5 nitrogen and oxygen atoms in total. The summed E-state index contributed by atoms with van der Waals surface area (Å²) in [7, 11) is 0. The molecule has 1 N–H and O–H groups in total. The van der Waals surface area contributed by atoms with Crippen LogP contribution in [0.2, 0.25) is 15.1 Å². The van der Waals surface area contributed by atoms with Crippen LogP contribution in [-0.2, 0) is 9.59 Å². The van der Waals surface area contributed by atoms with Gasteiger partial charge < -0.3 is 4.57 Å². The molecule has 0 atom stereocenters. The number of nitrogens with one attached hydrogen (secondary N) is 1. The molecule has 1 saturated heterocycles. The summed E-state index contributed by atoms with van der Waals surface area (Å²) in [6.45, 7) is 3.86. The van der Waals surface area contributed by atoms with Crippen LogP contribution in [0.4, 0.5) is 5.69 Å². The molecule has 32 heavy (non-hydrogen) atoms. The predicted octanol–water partition coefficient (Wildman–Crippen LogP) is 5.89. The van der Waals surface area contributed by atoms with Crippen molar-refractivity contribution in [2.45, 2.75) is 13.8 Å². The number of aryl methyl sites for hydroxylation is 1. The van der Waals surface area contributed by atoms with Crippen LogP contribution < -0.4 is 10.2 Å². The number of anilines is 1. The minimum absolute atomic E-state index is 0.0621. The molecule has 0 saturated carbocycles. The Kier molecular flexibility index (Phi) is 6.14. The second-order valence-electron chi connectivity index (χ2n) is 7.17. The fourth-order valence-corrected chi connectivity index (χ4v) is 4.40. The number of carbonyl (C=O) groups is 2. The first kappa shape index (κ1) is 22.6. The van der Waals surface area contributed by atoms with E-state index in [1.54, 1.807) is 36.4 Å². The average Bonchev–Trinajstić information content (AvgIpc) is 3.02. The number of aromatic nitrogens is 1. The number of hydrogen-bond acceptors (Lipinski definition) is 3. The van der Waals surface area contributed by atoms with E-state index >= 15 is 0 Å². The molecule has 2 amide bonds. The topological polar surface area (TPSA) is 54.3 Å². The van der Waals surface area contributed by atoms with Crippen molar-refractivity contribution in [3.8, 4) is 5.69 Å². The van der Waals surface area contributed by atoms with Gasteiger partial charge in [-0.05, 0) is 80.2 Å². The maximum atomic E-state index is 13.3. The van der Waals surface area contributed by atoms with Crippen LogP contribution in [0.5, 0.6) is 0 Å². The van der Waals surface area contributed by atoms with Crippen LogP contribution in [-0.4, -0.2) is 21.5 Å². The van der Waals surface area contributed by atoms with E-state index in [0.29, 0.717) is 10.7 Å². The van der Waals surface area contributed by atoms with Crippen molar-refractivity contribution < 1.29 is 9.59 Å². The fraction of sp³-hybridized carbons (Fsp3) is 0.0870. The standard InChI is InChI=1S/C23H16Cl3N3O2S/c1-12-10-14(13(2)28(12)16-8-6-15(24)7-9-16)11-17-21(30)27-23(32)29(22(17)31)19-5-3-4-18(25)20(19)26/h3-11H,1-2H3,(H,27,30,32)/b17-11-. The van der Waals surface area contributed by atoms with E-state index in [1.807, 2.05) is 36.6 Å². The van der Waals surface area contributed by atoms with E-state index in [-0.39, 0.29) is 20.7 Å². The van der Waals surface area contributed by atoms with Crippen LogP contribution in [0.25, 0.3) is 11.8 Å². The van der Waals surface area contributed by atoms with Gasteiger partial charge in [-0.2, -0.15) is 0 Å². The Morgan fingerprint density at radius 3 is 2.38 bits per heavy atom. The zero-order valence-corrected chi connectivity index (χ0v) is 20.0. The van der Waals surface area contributed by atoms with Crippen molar-refractivity contribution in [2.24, 2.45) is 0 Å². The lowest BCUT2D eigenvalue weighted by Crippen LogP contribution is -2.54. The Morgan fingerprint density at radius 1 is 1.00 bits per heavy atom.